The topological polar surface area (TPSA) is 87.7 Å². The van der Waals surface area contributed by atoms with Crippen LogP contribution in [-0.2, 0) is 14.8 Å². The summed E-state index contributed by atoms with van der Waals surface area (Å²) in [5, 5.41) is 5.34. The largest absolute Gasteiger partial charge is 0.492 e. The Kier molecular flexibility index (Phi) is 6.13. The highest BCUT2D eigenvalue weighted by Crippen LogP contribution is 2.29. The van der Waals surface area contributed by atoms with Crippen molar-refractivity contribution in [2.24, 2.45) is 0 Å². The predicted molar refractivity (Wildman–Crippen MR) is 81.0 cm³/mol. The molecule has 1 amide bonds. The zero-order chi connectivity index (χ0) is 16.0. The number of amides is 1. The summed E-state index contributed by atoms with van der Waals surface area (Å²) in [4.78, 5) is 11.6. The first kappa shape index (κ1) is 17.4. The minimum Gasteiger partial charge on any atom is -0.492 e. The third-order valence-electron chi connectivity index (χ3n) is 2.62. The van der Waals surface area contributed by atoms with Crippen molar-refractivity contribution in [3.8, 4) is 5.75 Å². The molecule has 0 spiro atoms. The van der Waals surface area contributed by atoms with Crippen molar-refractivity contribution in [3.63, 3.8) is 0 Å². The van der Waals surface area contributed by atoms with Crippen LogP contribution in [0.15, 0.2) is 23.1 Å². The number of carbonyl (C=O) groups is 1. The van der Waals surface area contributed by atoms with Gasteiger partial charge in [-0.25, -0.2) is 12.7 Å². The van der Waals surface area contributed by atoms with Gasteiger partial charge >= 0.3 is 0 Å². The number of benzene rings is 1. The molecule has 0 aromatic heterocycles. The molecular formula is C13H21N3O4S. The van der Waals surface area contributed by atoms with Gasteiger partial charge in [-0.05, 0) is 32.2 Å². The van der Waals surface area contributed by atoms with E-state index < -0.39 is 10.0 Å². The SMILES string of the molecule is CCOc1ccc(NC(=O)CNC)cc1S(=O)(=O)N(C)C. The molecule has 0 saturated heterocycles. The Morgan fingerprint density at radius 1 is 1.33 bits per heavy atom. The molecule has 7 nitrogen and oxygen atoms in total. The van der Waals surface area contributed by atoms with E-state index >= 15 is 0 Å². The number of anilines is 1. The summed E-state index contributed by atoms with van der Waals surface area (Å²) in [6.45, 7) is 2.26. The maximum absolute atomic E-state index is 12.3. The Bertz CT molecular complexity index is 599. The van der Waals surface area contributed by atoms with Crippen LogP contribution in [0.4, 0.5) is 5.69 Å². The first-order valence-corrected chi connectivity index (χ1v) is 7.90. The number of hydrogen-bond acceptors (Lipinski definition) is 5. The molecule has 0 fully saturated rings. The number of ether oxygens (including phenoxy) is 1. The zero-order valence-corrected chi connectivity index (χ0v) is 13.5. The Morgan fingerprint density at radius 3 is 2.52 bits per heavy atom. The maximum atomic E-state index is 12.3. The van der Waals surface area contributed by atoms with Crippen molar-refractivity contribution in [3.05, 3.63) is 18.2 Å². The molecule has 0 aliphatic heterocycles. The molecule has 1 aromatic carbocycles. The Labute approximate surface area is 125 Å². The van der Waals surface area contributed by atoms with Crippen molar-refractivity contribution in [1.82, 2.24) is 9.62 Å². The van der Waals surface area contributed by atoms with Crippen LogP contribution in [0, 0.1) is 0 Å². The van der Waals surface area contributed by atoms with Gasteiger partial charge in [0.2, 0.25) is 15.9 Å². The maximum Gasteiger partial charge on any atom is 0.246 e. The fourth-order valence-electron chi connectivity index (χ4n) is 1.62. The molecule has 8 heteroatoms. The first-order chi connectivity index (χ1) is 9.82. The van der Waals surface area contributed by atoms with E-state index in [9.17, 15) is 13.2 Å². The van der Waals surface area contributed by atoms with E-state index in [0.29, 0.717) is 12.3 Å². The molecule has 118 valence electrons. The average Bonchev–Trinajstić information content (AvgIpc) is 2.40. The summed E-state index contributed by atoms with van der Waals surface area (Å²) in [5.74, 6) is 0.00711. The third-order valence-corrected chi connectivity index (χ3v) is 4.46. The van der Waals surface area contributed by atoms with Crippen molar-refractivity contribution in [2.75, 3.05) is 39.6 Å². The summed E-state index contributed by atoms with van der Waals surface area (Å²) in [6, 6.07) is 4.54. The second kappa shape index (κ2) is 7.39. The number of nitrogens with zero attached hydrogens (tertiary/aromatic N) is 1. The van der Waals surface area contributed by atoms with Gasteiger partial charge in [-0.3, -0.25) is 4.79 Å². The van der Waals surface area contributed by atoms with Crippen molar-refractivity contribution < 1.29 is 17.9 Å². The van der Waals surface area contributed by atoms with E-state index in [1.165, 1.54) is 26.2 Å². The molecule has 0 bridgehead atoms. The summed E-state index contributed by atoms with van der Waals surface area (Å²) < 4.78 is 31.1. The van der Waals surface area contributed by atoms with Crippen molar-refractivity contribution >= 4 is 21.6 Å². The van der Waals surface area contributed by atoms with Gasteiger partial charge in [-0.15, -0.1) is 0 Å². The number of carbonyl (C=O) groups excluding carboxylic acids is 1. The molecule has 1 aromatic rings. The van der Waals surface area contributed by atoms with E-state index in [0.717, 1.165) is 4.31 Å². The van der Waals surface area contributed by atoms with Crippen LogP contribution < -0.4 is 15.4 Å². The third kappa shape index (κ3) is 4.42. The molecule has 0 aliphatic carbocycles. The van der Waals surface area contributed by atoms with Gasteiger partial charge in [-0.1, -0.05) is 0 Å². The molecular weight excluding hydrogens is 294 g/mol. The van der Waals surface area contributed by atoms with Crippen LogP contribution in [0.25, 0.3) is 0 Å². The van der Waals surface area contributed by atoms with Gasteiger partial charge in [0, 0.05) is 19.8 Å². The molecule has 0 radical (unpaired) electrons. The highest BCUT2D eigenvalue weighted by molar-refractivity contribution is 7.89. The lowest BCUT2D eigenvalue weighted by atomic mass is 10.3. The van der Waals surface area contributed by atoms with Gasteiger partial charge in [-0.2, -0.15) is 0 Å². The molecule has 0 heterocycles. The molecule has 0 saturated carbocycles. The van der Waals surface area contributed by atoms with Crippen LogP contribution in [-0.4, -0.2) is 52.9 Å². The standard InChI is InChI=1S/C13H21N3O4S/c1-5-20-11-7-6-10(15-13(17)9-14-2)8-12(11)21(18,19)16(3)4/h6-8,14H,5,9H2,1-4H3,(H,15,17). The van der Waals surface area contributed by atoms with E-state index in [1.54, 1.807) is 20.0 Å². The van der Waals surface area contributed by atoms with Crippen LogP contribution in [0.3, 0.4) is 0 Å². The quantitative estimate of drug-likeness (QED) is 0.765. The van der Waals surface area contributed by atoms with Crippen molar-refractivity contribution in [2.45, 2.75) is 11.8 Å². The van der Waals surface area contributed by atoms with E-state index in [4.69, 9.17) is 4.74 Å². The van der Waals surface area contributed by atoms with E-state index in [2.05, 4.69) is 10.6 Å². The second-order valence-corrected chi connectivity index (χ2v) is 6.58. The van der Waals surface area contributed by atoms with Crippen LogP contribution in [0.2, 0.25) is 0 Å². The number of rotatable bonds is 7. The zero-order valence-electron chi connectivity index (χ0n) is 12.6. The van der Waals surface area contributed by atoms with Gasteiger partial charge in [0.05, 0.1) is 13.2 Å². The lowest BCUT2D eigenvalue weighted by Gasteiger charge is -2.16. The minimum atomic E-state index is -3.66. The molecule has 1 rings (SSSR count). The molecule has 21 heavy (non-hydrogen) atoms. The second-order valence-electron chi connectivity index (χ2n) is 4.46. The van der Waals surface area contributed by atoms with Gasteiger partial charge in [0.15, 0.2) is 0 Å². The number of hydrogen-bond donors (Lipinski definition) is 2. The van der Waals surface area contributed by atoms with Gasteiger partial charge in [0.25, 0.3) is 0 Å². The summed E-state index contributed by atoms with van der Waals surface area (Å²) >= 11 is 0. The Morgan fingerprint density at radius 2 is 2.00 bits per heavy atom. The van der Waals surface area contributed by atoms with Crippen LogP contribution in [0.5, 0.6) is 5.75 Å². The highest BCUT2D eigenvalue weighted by Gasteiger charge is 2.23. The fourth-order valence-corrected chi connectivity index (χ4v) is 2.68. The number of likely N-dealkylation sites (N-methyl/N-ethyl adjacent to an activating group) is 1. The van der Waals surface area contributed by atoms with E-state index in [-0.39, 0.29) is 23.1 Å². The minimum absolute atomic E-state index is 0.0246. The number of nitrogens with one attached hydrogen (secondary N) is 2. The van der Waals surface area contributed by atoms with Crippen LogP contribution in [0.1, 0.15) is 6.92 Å². The molecule has 0 unspecified atom stereocenters. The summed E-state index contributed by atoms with van der Waals surface area (Å²) in [6.07, 6.45) is 0. The highest BCUT2D eigenvalue weighted by atomic mass is 32.2. The van der Waals surface area contributed by atoms with Crippen LogP contribution >= 0.6 is 0 Å². The van der Waals surface area contributed by atoms with Gasteiger partial charge < -0.3 is 15.4 Å². The number of sulfonamides is 1. The normalized spacial score (nSPS) is 11.5. The van der Waals surface area contributed by atoms with Gasteiger partial charge in [0.1, 0.15) is 10.6 Å². The van der Waals surface area contributed by atoms with E-state index in [1.807, 2.05) is 0 Å². The van der Waals surface area contributed by atoms with Crippen molar-refractivity contribution in [1.29, 1.82) is 0 Å². The lowest BCUT2D eigenvalue weighted by Crippen LogP contribution is -2.26. The monoisotopic (exact) mass is 315 g/mol. The fraction of sp³-hybridized carbons (Fsp3) is 0.462. The summed E-state index contributed by atoms with van der Waals surface area (Å²) in [5.41, 5.74) is 0.402. The predicted octanol–water partition coefficient (Wildman–Crippen LogP) is 0.494. The lowest BCUT2D eigenvalue weighted by molar-refractivity contribution is -0.115. The first-order valence-electron chi connectivity index (χ1n) is 6.46. The summed E-state index contributed by atoms with van der Waals surface area (Å²) in [7, 11) is 0.877. The molecule has 0 atom stereocenters. The molecule has 2 N–H and O–H groups in total. The Hall–Kier alpha value is -1.64. The average molecular weight is 315 g/mol. The Balaban J connectivity index is 3.21. The molecule has 0 aliphatic rings. The smallest absolute Gasteiger partial charge is 0.246 e.